The van der Waals surface area contributed by atoms with Crippen LogP contribution in [0.1, 0.15) is 29.5 Å². The highest BCUT2D eigenvalue weighted by Gasteiger charge is 2.35. The molecule has 4 rings (SSSR count). The topological polar surface area (TPSA) is 55.9 Å². The Labute approximate surface area is 182 Å². The van der Waals surface area contributed by atoms with Crippen LogP contribution < -0.4 is 5.32 Å². The van der Waals surface area contributed by atoms with E-state index < -0.39 is 0 Å². The van der Waals surface area contributed by atoms with E-state index in [1.807, 2.05) is 45.9 Å². The van der Waals surface area contributed by atoms with Crippen LogP contribution >= 0.6 is 0 Å². The van der Waals surface area contributed by atoms with Crippen LogP contribution in [-0.2, 0) is 13.1 Å². The molecule has 7 heteroatoms. The fraction of sp³-hybridized carbons (Fsp3) is 0.417. The fourth-order valence-electron chi connectivity index (χ4n) is 4.27. The van der Waals surface area contributed by atoms with Gasteiger partial charge < -0.3 is 20.0 Å². The van der Waals surface area contributed by atoms with Crippen molar-refractivity contribution >= 4 is 12.1 Å². The van der Waals surface area contributed by atoms with Gasteiger partial charge in [0.05, 0.1) is 0 Å². The third-order valence-electron chi connectivity index (χ3n) is 6.17. The van der Waals surface area contributed by atoms with Gasteiger partial charge in [-0.2, -0.15) is 0 Å². The Morgan fingerprint density at radius 3 is 2.29 bits per heavy atom. The fourth-order valence-corrected chi connectivity index (χ4v) is 4.27. The van der Waals surface area contributed by atoms with Crippen LogP contribution in [0.4, 0.5) is 14.0 Å². The van der Waals surface area contributed by atoms with Crippen LogP contribution in [0.3, 0.4) is 0 Å². The van der Waals surface area contributed by atoms with E-state index in [1.54, 1.807) is 12.1 Å². The average molecular weight is 425 g/mol. The minimum atomic E-state index is -0.271. The highest BCUT2D eigenvalue weighted by atomic mass is 19.1. The summed E-state index contributed by atoms with van der Waals surface area (Å²) >= 11 is 0. The quantitative estimate of drug-likeness (QED) is 0.795. The molecule has 31 heavy (non-hydrogen) atoms. The molecule has 1 N–H and O–H groups in total. The van der Waals surface area contributed by atoms with Gasteiger partial charge in [0.1, 0.15) is 5.82 Å². The number of benzene rings is 2. The van der Waals surface area contributed by atoms with Crippen molar-refractivity contribution in [3.05, 3.63) is 71.0 Å². The molecule has 0 saturated carbocycles. The largest absolute Gasteiger partial charge is 0.334 e. The van der Waals surface area contributed by atoms with E-state index in [0.717, 1.165) is 24.0 Å². The van der Waals surface area contributed by atoms with Crippen molar-refractivity contribution in [2.45, 2.75) is 38.9 Å². The highest BCUT2D eigenvalue weighted by Crippen LogP contribution is 2.23. The molecule has 0 bridgehead atoms. The maximum absolute atomic E-state index is 13.1. The van der Waals surface area contributed by atoms with Crippen molar-refractivity contribution in [3.63, 3.8) is 0 Å². The minimum Gasteiger partial charge on any atom is -0.334 e. The Bertz CT molecular complexity index is 908. The molecule has 0 radical (unpaired) electrons. The van der Waals surface area contributed by atoms with Gasteiger partial charge in [0.15, 0.2) is 0 Å². The molecule has 2 aliphatic heterocycles. The summed E-state index contributed by atoms with van der Waals surface area (Å²) in [6.45, 7) is 5.72. The summed E-state index contributed by atoms with van der Waals surface area (Å²) < 4.78 is 13.1. The Morgan fingerprint density at radius 2 is 1.61 bits per heavy atom. The van der Waals surface area contributed by atoms with E-state index in [4.69, 9.17) is 0 Å². The van der Waals surface area contributed by atoms with Crippen molar-refractivity contribution < 1.29 is 14.0 Å². The van der Waals surface area contributed by atoms with Gasteiger partial charge in [-0.25, -0.2) is 14.0 Å². The molecule has 2 aromatic rings. The zero-order chi connectivity index (χ0) is 21.8. The summed E-state index contributed by atoms with van der Waals surface area (Å²) in [7, 11) is 0. The molecule has 2 aliphatic rings. The van der Waals surface area contributed by atoms with Crippen molar-refractivity contribution in [3.8, 4) is 0 Å². The Balaban J connectivity index is 1.23. The lowest BCUT2D eigenvalue weighted by atomic mass is 10.0. The number of likely N-dealkylation sites (tertiary alicyclic amines) is 1. The number of amides is 4. The molecule has 164 valence electrons. The molecule has 4 amide bonds. The van der Waals surface area contributed by atoms with Gasteiger partial charge in [-0.1, -0.05) is 42.0 Å². The van der Waals surface area contributed by atoms with Gasteiger partial charge in [-0.05, 0) is 43.0 Å². The summed E-state index contributed by atoms with van der Waals surface area (Å²) in [6, 6.07) is 14.6. The van der Waals surface area contributed by atoms with E-state index in [2.05, 4.69) is 5.32 Å². The molecule has 6 nitrogen and oxygen atoms in total. The molecule has 0 unspecified atom stereocenters. The first kappa shape index (κ1) is 21.2. The van der Waals surface area contributed by atoms with Crippen molar-refractivity contribution in [1.29, 1.82) is 0 Å². The number of piperidine rings is 1. The first-order valence-electron chi connectivity index (χ1n) is 10.9. The number of urea groups is 2. The lowest BCUT2D eigenvalue weighted by Gasteiger charge is -2.36. The molecule has 0 atom stereocenters. The molecule has 2 heterocycles. The van der Waals surface area contributed by atoms with Gasteiger partial charge in [0.25, 0.3) is 0 Å². The van der Waals surface area contributed by atoms with E-state index in [9.17, 15) is 14.0 Å². The SMILES string of the molecule is Cc1ccc(CNC(=O)N2CCC(N3CCN(Cc4ccc(F)cc4)C3=O)CC2)cc1. The zero-order valence-electron chi connectivity index (χ0n) is 17.9. The first-order chi connectivity index (χ1) is 15.0. The zero-order valence-corrected chi connectivity index (χ0v) is 17.9. The maximum Gasteiger partial charge on any atom is 0.320 e. The molecule has 2 saturated heterocycles. The second-order valence-electron chi connectivity index (χ2n) is 8.39. The number of carbonyl (C=O) groups is 2. The highest BCUT2D eigenvalue weighted by molar-refractivity contribution is 5.77. The maximum atomic E-state index is 13.1. The number of hydrogen-bond acceptors (Lipinski definition) is 2. The van der Waals surface area contributed by atoms with E-state index in [0.29, 0.717) is 39.3 Å². The molecule has 0 aromatic heterocycles. The second-order valence-corrected chi connectivity index (χ2v) is 8.39. The van der Waals surface area contributed by atoms with Crippen LogP contribution in [0, 0.1) is 12.7 Å². The Morgan fingerprint density at radius 1 is 0.968 bits per heavy atom. The van der Waals surface area contributed by atoms with Crippen LogP contribution in [0.25, 0.3) is 0 Å². The lowest BCUT2D eigenvalue weighted by molar-refractivity contribution is 0.134. The third kappa shape index (κ3) is 5.16. The minimum absolute atomic E-state index is 0.0339. The average Bonchev–Trinajstić information content (AvgIpc) is 3.15. The summed E-state index contributed by atoms with van der Waals surface area (Å²) in [5.41, 5.74) is 3.21. The Hall–Kier alpha value is -3.09. The number of rotatable bonds is 5. The standard InChI is InChI=1S/C24H29FN4O2/c1-18-2-4-19(5-3-18)16-26-23(30)27-12-10-22(11-13-27)29-15-14-28(24(29)31)17-20-6-8-21(25)9-7-20/h2-9,22H,10-17H2,1H3,(H,26,30). The molecule has 2 fully saturated rings. The normalized spacial score (nSPS) is 17.4. The predicted octanol–water partition coefficient (Wildman–Crippen LogP) is 3.75. The number of nitrogens with one attached hydrogen (secondary N) is 1. The molecular weight excluding hydrogens is 395 g/mol. The molecule has 0 aliphatic carbocycles. The van der Waals surface area contributed by atoms with E-state index in [1.165, 1.54) is 17.7 Å². The Kier molecular flexibility index (Phi) is 6.39. The van der Waals surface area contributed by atoms with E-state index >= 15 is 0 Å². The summed E-state index contributed by atoms with van der Waals surface area (Å²) in [4.78, 5) is 31.0. The van der Waals surface area contributed by atoms with Crippen LogP contribution in [0.15, 0.2) is 48.5 Å². The van der Waals surface area contributed by atoms with Crippen LogP contribution in [0.2, 0.25) is 0 Å². The third-order valence-corrected chi connectivity index (χ3v) is 6.17. The van der Waals surface area contributed by atoms with Crippen LogP contribution in [0.5, 0.6) is 0 Å². The number of nitrogens with zero attached hydrogens (tertiary/aromatic N) is 3. The summed E-state index contributed by atoms with van der Waals surface area (Å²) in [6.07, 6.45) is 1.57. The predicted molar refractivity (Wildman–Crippen MR) is 117 cm³/mol. The number of halogens is 1. The van der Waals surface area contributed by atoms with E-state index in [-0.39, 0.29) is 23.9 Å². The number of hydrogen-bond donors (Lipinski definition) is 1. The van der Waals surface area contributed by atoms with Crippen molar-refractivity contribution in [1.82, 2.24) is 20.0 Å². The van der Waals surface area contributed by atoms with Gasteiger partial charge in [-0.15, -0.1) is 0 Å². The van der Waals surface area contributed by atoms with Gasteiger partial charge in [0.2, 0.25) is 0 Å². The van der Waals surface area contributed by atoms with Crippen LogP contribution in [-0.4, -0.2) is 59.0 Å². The van der Waals surface area contributed by atoms with Gasteiger partial charge in [-0.3, -0.25) is 0 Å². The first-order valence-corrected chi connectivity index (χ1v) is 10.9. The monoisotopic (exact) mass is 424 g/mol. The van der Waals surface area contributed by atoms with Gasteiger partial charge >= 0.3 is 12.1 Å². The molecular formula is C24H29FN4O2. The summed E-state index contributed by atoms with van der Waals surface area (Å²) in [5.74, 6) is -0.271. The molecule has 2 aromatic carbocycles. The van der Waals surface area contributed by atoms with Crippen molar-refractivity contribution in [2.75, 3.05) is 26.2 Å². The molecule has 0 spiro atoms. The second kappa shape index (κ2) is 9.37. The van der Waals surface area contributed by atoms with Crippen molar-refractivity contribution in [2.24, 2.45) is 0 Å². The number of carbonyl (C=O) groups excluding carboxylic acids is 2. The van der Waals surface area contributed by atoms with Gasteiger partial charge in [0, 0.05) is 45.3 Å². The summed E-state index contributed by atoms with van der Waals surface area (Å²) in [5, 5.41) is 2.99. The number of aryl methyl sites for hydroxylation is 1. The smallest absolute Gasteiger partial charge is 0.320 e. The lowest BCUT2D eigenvalue weighted by Crippen LogP contribution is -2.50.